The van der Waals surface area contributed by atoms with E-state index in [9.17, 15) is 13.2 Å². The van der Waals surface area contributed by atoms with Crippen molar-refractivity contribution in [2.24, 2.45) is 0 Å². The molecule has 1 aromatic carbocycles. The molecular weight excluding hydrogens is 476 g/mol. The molecule has 9 nitrogen and oxygen atoms in total. The van der Waals surface area contributed by atoms with Crippen LogP contribution in [0.5, 0.6) is 0 Å². The number of rotatable bonds is 5. The maximum Gasteiger partial charge on any atom is 0.210 e. The molecule has 1 unspecified atom stereocenters. The number of fused-ring (bicyclic) bond motifs is 3. The zero-order valence-corrected chi connectivity index (χ0v) is 20.6. The number of carbonyl (C=O) groups excluding carboxylic acids is 1. The first kappa shape index (κ1) is 22.7. The van der Waals surface area contributed by atoms with E-state index in [1.54, 1.807) is 12.4 Å². The lowest BCUT2D eigenvalue weighted by atomic mass is 9.88. The summed E-state index contributed by atoms with van der Waals surface area (Å²) in [5, 5.41) is 4.39. The maximum atomic E-state index is 12.9. The number of amides is 1. The fourth-order valence-corrected chi connectivity index (χ4v) is 6.88. The van der Waals surface area contributed by atoms with Crippen LogP contribution in [0.1, 0.15) is 37.3 Å². The van der Waals surface area contributed by atoms with E-state index < -0.39 is 9.84 Å². The molecular formula is C26H26N6O3S. The lowest BCUT2D eigenvalue weighted by Gasteiger charge is -2.36. The number of hydrogen-bond acceptors (Lipinski definition) is 7. The smallest absolute Gasteiger partial charge is 0.210 e. The molecule has 1 amide bonds. The highest BCUT2D eigenvalue weighted by molar-refractivity contribution is 7.91. The van der Waals surface area contributed by atoms with Gasteiger partial charge in [0.05, 0.1) is 17.6 Å². The van der Waals surface area contributed by atoms with Gasteiger partial charge in [-0.3, -0.25) is 9.78 Å². The van der Waals surface area contributed by atoms with Crippen molar-refractivity contribution >= 4 is 27.7 Å². The number of aromatic nitrogens is 4. The molecule has 2 bridgehead atoms. The van der Waals surface area contributed by atoms with Crippen LogP contribution in [0.3, 0.4) is 0 Å². The van der Waals surface area contributed by atoms with Crippen molar-refractivity contribution in [1.82, 2.24) is 24.5 Å². The number of nitrogens with zero attached hydrogens (tertiary/aromatic N) is 5. The quantitative estimate of drug-likeness (QED) is 0.415. The minimum Gasteiger partial charge on any atom is -0.382 e. The van der Waals surface area contributed by atoms with Gasteiger partial charge in [0.15, 0.2) is 15.5 Å². The molecule has 2 aliphatic rings. The molecule has 36 heavy (non-hydrogen) atoms. The van der Waals surface area contributed by atoms with Crippen molar-refractivity contribution < 1.29 is 13.2 Å². The maximum absolute atomic E-state index is 12.9. The van der Waals surface area contributed by atoms with Gasteiger partial charge in [-0.25, -0.2) is 13.4 Å². The van der Waals surface area contributed by atoms with E-state index >= 15 is 0 Å². The number of pyridine rings is 1. The number of piperidine rings is 1. The molecule has 0 aliphatic carbocycles. The molecule has 0 radical (unpaired) electrons. The third-order valence-electron chi connectivity index (χ3n) is 7.48. The molecule has 4 aromatic rings. The summed E-state index contributed by atoms with van der Waals surface area (Å²) in [5.41, 5.74) is 10.8. The molecule has 0 spiro atoms. The molecule has 3 aromatic heterocycles. The summed E-state index contributed by atoms with van der Waals surface area (Å²) in [7, 11) is -3.67. The van der Waals surface area contributed by atoms with E-state index in [0.717, 1.165) is 47.9 Å². The number of carbonyl (C=O) groups is 1. The van der Waals surface area contributed by atoms with Crippen LogP contribution in [0, 0.1) is 0 Å². The van der Waals surface area contributed by atoms with Crippen LogP contribution in [-0.2, 0) is 14.6 Å². The Morgan fingerprint density at radius 1 is 1.00 bits per heavy atom. The summed E-state index contributed by atoms with van der Waals surface area (Å²) in [4.78, 5) is 23.0. The topological polar surface area (TPSA) is 124 Å². The Morgan fingerprint density at radius 2 is 1.72 bits per heavy atom. The van der Waals surface area contributed by atoms with Crippen molar-refractivity contribution in [3.05, 3.63) is 60.6 Å². The number of hydrogen-bond donors (Lipinski definition) is 1. The monoisotopic (exact) mass is 502 g/mol. The van der Waals surface area contributed by atoms with E-state index in [1.807, 2.05) is 47.4 Å². The first-order valence-corrected chi connectivity index (χ1v) is 13.9. The highest BCUT2D eigenvalue weighted by Gasteiger charge is 2.42. The van der Waals surface area contributed by atoms with Crippen LogP contribution < -0.4 is 5.73 Å². The number of sulfone groups is 1. The molecule has 2 saturated heterocycles. The summed E-state index contributed by atoms with van der Waals surface area (Å²) in [5.74, 6) is -0.0557. The molecule has 0 saturated carbocycles. The lowest BCUT2D eigenvalue weighted by Crippen LogP contribution is -2.41. The van der Waals surface area contributed by atoms with Gasteiger partial charge in [-0.15, -0.1) is 0 Å². The fraction of sp³-hybridized carbons (Fsp3) is 0.308. The highest BCUT2D eigenvalue weighted by Crippen LogP contribution is 2.44. The van der Waals surface area contributed by atoms with Gasteiger partial charge < -0.3 is 10.6 Å². The third-order valence-corrected chi connectivity index (χ3v) is 8.64. The second kappa shape index (κ2) is 8.41. The van der Waals surface area contributed by atoms with E-state index in [2.05, 4.69) is 10.1 Å². The normalized spacial score (nSPS) is 21.7. The summed E-state index contributed by atoms with van der Waals surface area (Å²) >= 11 is 0. The molecule has 2 N–H and O–H groups in total. The second-order valence-corrected chi connectivity index (χ2v) is 11.6. The Hall–Kier alpha value is -3.79. The Morgan fingerprint density at radius 3 is 2.33 bits per heavy atom. The molecule has 3 atom stereocenters. The molecule has 5 heterocycles. The van der Waals surface area contributed by atoms with Crippen LogP contribution in [0.4, 0.5) is 5.82 Å². The largest absolute Gasteiger partial charge is 0.382 e. The van der Waals surface area contributed by atoms with Gasteiger partial charge in [-0.2, -0.15) is 9.61 Å². The number of nitrogen functional groups attached to an aromatic ring is 1. The van der Waals surface area contributed by atoms with Crippen molar-refractivity contribution in [3.63, 3.8) is 0 Å². The molecule has 6 rings (SSSR count). The SMILES string of the molecule is CS(=O)(=O)c1c([C@H]2CC3CC[C@@H](C2)N3C=O)nc2c(-c3ccc(-c4ccccc4)nc3)cnn2c1N. The zero-order valence-electron chi connectivity index (χ0n) is 19.8. The highest BCUT2D eigenvalue weighted by atomic mass is 32.2. The molecule has 184 valence electrons. The summed E-state index contributed by atoms with van der Waals surface area (Å²) in [6.07, 6.45) is 8.65. The van der Waals surface area contributed by atoms with Gasteiger partial charge >= 0.3 is 0 Å². The van der Waals surface area contributed by atoms with E-state index in [0.29, 0.717) is 24.2 Å². The van der Waals surface area contributed by atoms with Crippen molar-refractivity contribution in [2.45, 2.75) is 48.6 Å². The van der Waals surface area contributed by atoms with Crippen LogP contribution in [0.2, 0.25) is 0 Å². The number of benzene rings is 1. The van der Waals surface area contributed by atoms with Gasteiger partial charge in [-0.1, -0.05) is 36.4 Å². The number of nitrogens with two attached hydrogens (primary N) is 1. The van der Waals surface area contributed by atoms with E-state index in [1.165, 1.54) is 4.52 Å². The predicted octanol–water partition coefficient (Wildman–Crippen LogP) is 3.31. The average molecular weight is 503 g/mol. The minimum absolute atomic E-state index is 0.0335. The number of anilines is 1. The zero-order chi connectivity index (χ0) is 25.0. The molecule has 10 heteroatoms. The van der Waals surface area contributed by atoms with Gasteiger partial charge in [0.25, 0.3) is 0 Å². The molecule has 2 fully saturated rings. The van der Waals surface area contributed by atoms with Gasteiger partial charge in [0.1, 0.15) is 10.7 Å². The van der Waals surface area contributed by atoms with Crippen LogP contribution in [-0.4, -0.2) is 57.6 Å². The summed E-state index contributed by atoms with van der Waals surface area (Å²) in [6.45, 7) is 0. The first-order chi connectivity index (χ1) is 17.3. The van der Waals surface area contributed by atoms with E-state index in [-0.39, 0.29) is 28.7 Å². The van der Waals surface area contributed by atoms with Crippen molar-refractivity contribution in [3.8, 4) is 22.4 Å². The Labute approximate surface area is 208 Å². The van der Waals surface area contributed by atoms with Crippen LogP contribution in [0.25, 0.3) is 28.0 Å². The summed E-state index contributed by atoms with van der Waals surface area (Å²) in [6, 6.07) is 14.0. The minimum atomic E-state index is -3.67. The van der Waals surface area contributed by atoms with Gasteiger partial charge in [0.2, 0.25) is 6.41 Å². The Balaban J connectivity index is 1.46. The van der Waals surface area contributed by atoms with Crippen molar-refractivity contribution in [2.75, 3.05) is 12.0 Å². The predicted molar refractivity (Wildman–Crippen MR) is 136 cm³/mol. The van der Waals surface area contributed by atoms with E-state index in [4.69, 9.17) is 10.7 Å². The van der Waals surface area contributed by atoms with Gasteiger partial charge in [0, 0.05) is 47.1 Å². The van der Waals surface area contributed by atoms with Crippen LogP contribution >= 0.6 is 0 Å². The summed E-state index contributed by atoms with van der Waals surface area (Å²) < 4.78 is 27.1. The fourth-order valence-electron chi connectivity index (χ4n) is 5.82. The average Bonchev–Trinajstić information content (AvgIpc) is 3.41. The second-order valence-electron chi connectivity index (χ2n) is 9.68. The molecule has 2 aliphatic heterocycles. The van der Waals surface area contributed by atoms with Gasteiger partial charge in [-0.05, 0) is 31.7 Å². The first-order valence-electron chi connectivity index (χ1n) is 12.0. The Bertz CT molecular complexity index is 1550. The standard InChI is InChI=1S/C26H26N6O3S/c1-36(34,35)24-23(18-11-19-8-9-20(12-18)31(19)15-33)30-26-21(14-29-32(26)25(24)27)17-7-10-22(28-13-17)16-5-3-2-4-6-16/h2-7,10,13-15,18-20H,8-9,11-12,27H2,1H3/t18-,19+,20?/m1/s1. The third kappa shape index (κ3) is 3.63. The lowest BCUT2D eigenvalue weighted by molar-refractivity contribution is -0.122. The Kier molecular flexibility index (Phi) is 5.29. The van der Waals surface area contributed by atoms with Crippen molar-refractivity contribution in [1.29, 1.82) is 0 Å². The van der Waals surface area contributed by atoms with Crippen LogP contribution in [0.15, 0.2) is 59.8 Å².